The average molecular weight is 314 g/mol. The Kier molecular flexibility index (Phi) is 3.84. The molecule has 0 unspecified atom stereocenters. The molecule has 0 aliphatic rings. The van der Waals surface area contributed by atoms with Crippen molar-refractivity contribution in [2.45, 2.75) is 6.92 Å². The molecule has 116 valence electrons. The Balaban J connectivity index is 1.79. The number of rotatable bonds is 3. The van der Waals surface area contributed by atoms with E-state index >= 15 is 0 Å². The fraction of sp³-hybridized carbons (Fsp3) is 0.0625. The second kappa shape index (κ2) is 5.96. The van der Waals surface area contributed by atoms with Crippen molar-refractivity contribution in [1.29, 1.82) is 0 Å². The van der Waals surface area contributed by atoms with Gasteiger partial charge in [-0.15, -0.1) is 5.10 Å². The van der Waals surface area contributed by atoms with Gasteiger partial charge in [0.25, 0.3) is 5.91 Å². The number of hydrogen-bond donors (Lipinski definition) is 1. The van der Waals surface area contributed by atoms with Crippen molar-refractivity contribution in [3.63, 3.8) is 0 Å². The molecule has 1 amide bonds. The Morgan fingerprint density at radius 2 is 1.83 bits per heavy atom. The lowest BCUT2D eigenvalue weighted by atomic mass is 10.2. The lowest BCUT2D eigenvalue weighted by Crippen LogP contribution is -2.14. The second-order valence-electron chi connectivity index (χ2n) is 4.93. The van der Waals surface area contributed by atoms with Crippen LogP contribution in [0.3, 0.4) is 0 Å². The van der Waals surface area contributed by atoms with Crippen molar-refractivity contribution >= 4 is 11.6 Å². The van der Waals surface area contributed by atoms with E-state index < -0.39 is 17.5 Å². The summed E-state index contributed by atoms with van der Waals surface area (Å²) >= 11 is 0. The van der Waals surface area contributed by atoms with Gasteiger partial charge in [-0.25, -0.2) is 18.4 Å². The van der Waals surface area contributed by atoms with Gasteiger partial charge in [0.15, 0.2) is 11.6 Å². The molecule has 0 saturated heterocycles. The summed E-state index contributed by atoms with van der Waals surface area (Å²) in [7, 11) is 0. The highest BCUT2D eigenvalue weighted by Gasteiger charge is 2.13. The van der Waals surface area contributed by atoms with Gasteiger partial charge in [-0.1, -0.05) is 17.7 Å². The number of aromatic nitrogens is 3. The first-order valence-electron chi connectivity index (χ1n) is 6.78. The quantitative estimate of drug-likeness (QED) is 0.808. The van der Waals surface area contributed by atoms with E-state index in [9.17, 15) is 13.6 Å². The van der Waals surface area contributed by atoms with E-state index in [0.29, 0.717) is 5.69 Å². The number of benzene rings is 2. The Morgan fingerprint density at radius 3 is 2.52 bits per heavy atom. The maximum absolute atomic E-state index is 13.2. The number of aryl methyl sites for hydroxylation is 1. The number of carbonyl (C=O) groups excluding carboxylic acids is 1. The predicted octanol–water partition coefficient (Wildman–Crippen LogP) is 3.11. The van der Waals surface area contributed by atoms with Crippen molar-refractivity contribution < 1.29 is 13.6 Å². The maximum Gasteiger partial charge on any atom is 0.295 e. The zero-order valence-corrected chi connectivity index (χ0v) is 12.1. The van der Waals surface area contributed by atoms with E-state index in [4.69, 9.17) is 0 Å². The molecule has 0 saturated carbocycles. The highest BCUT2D eigenvalue weighted by atomic mass is 19.2. The minimum Gasteiger partial charge on any atom is -0.319 e. The van der Waals surface area contributed by atoms with Crippen LogP contribution in [0.25, 0.3) is 5.69 Å². The van der Waals surface area contributed by atoms with Crippen molar-refractivity contribution in [3.05, 3.63) is 71.8 Å². The fourth-order valence-corrected chi connectivity index (χ4v) is 1.94. The molecule has 1 aromatic heterocycles. The highest BCUT2D eigenvalue weighted by Crippen LogP contribution is 2.13. The number of amides is 1. The molecular weight excluding hydrogens is 302 g/mol. The summed E-state index contributed by atoms with van der Waals surface area (Å²) in [4.78, 5) is 16.0. The Morgan fingerprint density at radius 1 is 1.09 bits per heavy atom. The van der Waals surface area contributed by atoms with E-state index in [2.05, 4.69) is 15.4 Å². The molecule has 5 nitrogen and oxygen atoms in total. The third-order valence-corrected chi connectivity index (χ3v) is 3.17. The maximum atomic E-state index is 13.2. The molecule has 7 heteroatoms. The third kappa shape index (κ3) is 3.23. The van der Waals surface area contributed by atoms with Gasteiger partial charge in [0, 0.05) is 11.8 Å². The van der Waals surface area contributed by atoms with Gasteiger partial charge < -0.3 is 5.32 Å². The average Bonchev–Trinajstić information content (AvgIpc) is 3.02. The van der Waals surface area contributed by atoms with E-state index in [-0.39, 0.29) is 11.5 Å². The molecule has 2 aromatic carbocycles. The topological polar surface area (TPSA) is 59.8 Å². The van der Waals surface area contributed by atoms with Crippen molar-refractivity contribution in [2.75, 3.05) is 5.32 Å². The molecule has 0 bridgehead atoms. The van der Waals surface area contributed by atoms with Crippen LogP contribution in [-0.2, 0) is 0 Å². The second-order valence-corrected chi connectivity index (χ2v) is 4.93. The highest BCUT2D eigenvalue weighted by molar-refractivity contribution is 6.01. The minimum absolute atomic E-state index is 0.0738. The molecule has 0 fully saturated rings. The van der Waals surface area contributed by atoms with Gasteiger partial charge in [-0.3, -0.25) is 4.79 Å². The van der Waals surface area contributed by atoms with Crippen molar-refractivity contribution in [2.24, 2.45) is 0 Å². The molecule has 3 aromatic rings. The van der Waals surface area contributed by atoms with Gasteiger partial charge in [0.2, 0.25) is 5.82 Å². The van der Waals surface area contributed by atoms with E-state index in [0.717, 1.165) is 17.7 Å². The Bertz CT molecular complexity index is 859. The van der Waals surface area contributed by atoms with Crippen LogP contribution in [0.2, 0.25) is 0 Å². The van der Waals surface area contributed by atoms with Crippen molar-refractivity contribution in [1.82, 2.24) is 14.8 Å². The van der Waals surface area contributed by atoms with Gasteiger partial charge in [0.1, 0.15) is 6.33 Å². The molecular formula is C16H12F2N4O. The molecule has 1 heterocycles. The third-order valence-electron chi connectivity index (χ3n) is 3.17. The van der Waals surface area contributed by atoms with Crippen LogP contribution in [0.15, 0.2) is 48.8 Å². The lowest BCUT2D eigenvalue weighted by Gasteiger charge is -2.03. The van der Waals surface area contributed by atoms with Gasteiger partial charge in [0.05, 0.1) is 5.69 Å². The lowest BCUT2D eigenvalue weighted by molar-refractivity contribution is 0.101. The molecule has 23 heavy (non-hydrogen) atoms. The number of carbonyl (C=O) groups is 1. The summed E-state index contributed by atoms with van der Waals surface area (Å²) < 4.78 is 27.4. The number of anilines is 1. The minimum atomic E-state index is -0.997. The summed E-state index contributed by atoms with van der Waals surface area (Å²) in [5, 5.41) is 6.63. The summed E-state index contributed by atoms with van der Waals surface area (Å²) in [6.07, 6.45) is 1.26. The van der Waals surface area contributed by atoms with E-state index in [1.165, 1.54) is 17.1 Å². The normalized spacial score (nSPS) is 10.6. The van der Waals surface area contributed by atoms with Crippen LogP contribution >= 0.6 is 0 Å². The first-order chi connectivity index (χ1) is 11.0. The van der Waals surface area contributed by atoms with Gasteiger partial charge >= 0.3 is 0 Å². The molecule has 0 radical (unpaired) electrons. The molecule has 0 spiro atoms. The molecule has 0 aliphatic heterocycles. The number of halogens is 2. The summed E-state index contributed by atoms with van der Waals surface area (Å²) in [5.74, 6) is -2.51. The molecule has 0 aliphatic carbocycles. The van der Waals surface area contributed by atoms with Crippen LogP contribution in [0, 0.1) is 18.6 Å². The monoisotopic (exact) mass is 314 g/mol. The van der Waals surface area contributed by atoms with E-state index in [1.807, 2.05) is 19.1 Å². The van der Waals surface area contributed by atoms with Crippen LogP contribution in [0.5, 0.6) is 0 Å². The van der Waals surface area contributed by atoms with E-state index in [1.54, 1.807) is 12.1 Å². The number of nitrogens with zero attached hydrogens (tertiary/aromatic N) is 3. The first-order valence-corrected chi connectivity index (χ1v) is 6.78. The van der Waals surface area contributed by atoms with Gasteiger partial charge in [-0.05, 0) is 31.2 Å². The van der Waals surface area contributed by atoms with Crippen LogP contribution in [0.4, 0.5) is 14.5 Å². The number of nitrogens with one attached hydrogen (secondary N) is 1. The molecule has 3 rings (SSSR count). The fourth-order valence-electron chi connectivity index (χ4n) is 1.94. The van der Waals surface area contributed by atoms with Gasteiger partial charge in [-0.2, -0.15) is 0 Å². The van der Waals surface area contributed by atoms with Crippen LogP contribution in [0.1, 0.15) is 16.2 Å². The summed E-state index contributed by atoms with van der Waals surface area (Å²) in [6.45, 7) is 1.94. The zero-order chi connectivity index (χ0) is 16.4. The SMILES string of the molecule is Cc1ccc(NC(=O)c2ncn(-c3ccc(F)c(F)c3)n2)cc1. The van der Waals surface area contributed by atoms with Crippen molar-refractivity contribution in [3.8, 4) is 5.69 Å². The Hall–Kier alpha value is -3.09. The molecule has 0 atom stereocenters. The number of hydrogen-bond acceptors (Lipinski definition) is 3. The summed E-state index contributed by atoms with van der Waals surface area (Å²) in [5.41, 5.74) is 1.96. The Labute approximate surface area is 130 Å². The smallest absolute Gasteiger partial charge is 0.295 e. The zero-order valence-electron chi connectivity index (χ0n) is 12.1. The predicted molar refractivity (Wildman–Crippen MR) is 80.4 cm³/mol. The standard InChI is InChI=1S/C16H12F2N4O/c1-10-2-4-11(5-3-10)20-16(23)15-19-9-22(21-15)12-6-7-13(17)14(18)8-12/h2-9H,1H3,(H,20,23). The van der Waals surface area contributed by atoms with Crippen LogP contribution in [-0.4, -0.2) is 20.7 Å². The largest absolute Gasteiger partial charge is 0.319 e. The first kappa shape index (κ1) is 14.8. The van der Waals surface area contributed by atoms with Crippen LogP contribution < -0.4 is 5.32 Å². The summed E-state index contributed by atoms with van der Waals surface area (Å²) in [6, 6.07) is 10.6. The molecule has 1 N–H and O–H groups in total.